The van der Waals surface area contributed by atoms with Crippen molar-refractivity contribution in [2.75, 3.05) is 18.9 Å². The van der Waals surface area contributed by atoms with Crippen LogP contribution >= 0.6 is 0 Å². The predicted octanol–water partition coefficient (Wildman–Crippen LogP) is 2.77. The molecule has 0 radical (unpaired) electrons. The SMILES string of the molecule is COc1cc2nccc(OCc3ccc(N[SH](=O)=O)cc3)c2cc1OC. The quantitative estimate of drug-likeness (QED) is 0.619. The Morgan fingerprint density at radius 2 is 1.65 bits per heavy atom. The van der Waals surface area contributed by atoms with Crippen LogP contribution in [0.1, 0.15) is 5.56 Å². The molecule has 1 heterocycles. The number of pyridine rings is 1. The molecule has 0 atom stereocenters. The maximum absolute atomic E-state index is 10.7. The third-order valence-corrected chi connectivity index (χ3v) is 4.22. The number of rotatable bonds is 7. The minimum absolute atomic E-state index is 0.331. The second kappa shape index (κ2) is 7.92. The van der Waals surface area contributed by atoms with Gasteiger partial charge in [-0.25, -0.2) is 8.42 Å². The van der Waals surface area contributed by atoms with Crippen molar-refractivity contribution in [2.24, 2.45) is 0 Å². The second-order valence-corrected chi connectivity index (χ2v) is 6.13. The molecule has 0 amide bonds. The highest BCUT2D eigenvalue weighted by molar-refractivity contribution is 7.73. The van der Waals surface area contributed by atoms with E-state index in [4.69, 9.17) is 14.2 Å². The molecule has 0 aliphatic heterocycles. The molecule has 26 heavy (non-hydrogen) atoms. The third kappa shape index (κ3) is 3.97. The number of benzene rings is 2. The lowest BCUT2D eigenvalue weighted by Gasteiger charge is -2.12. The summed E-state index contributed by atoms with van der Waals surface area (Å²) < 4.78 is 40.2. The zero-order valence-electron chi connectivity index (χ0n) is 14.3. The number of ether oxygens (including phenoxy) is 3. The fourth-order valence-electron chi connectivity index (χ4n) is 2.52. The lowest BCUT2D eigenvalue weighted by atomic mass is 10.1. The minimum Gasteiger partial charge on any atom is -0.493 e. The van der Waals surface area contributed by atoms with Crippen LogP contribution in [0.5, 0.6) is 17.2 Å². The summed E-state index contributed by atoms with van der Waals surface area (Å²) in [5.41, 5.74) is 2.15. The van der Waals surface area contributed by atoms with E-state index in [0.717, 1.165) is 16.5 Å². The van der Waals surface area contributed by atoms with Gasteiger partial charge in [-0.1, -0.05) is 12.1 Å². The molecule has 0 saturated heterocycles. The van der Waals surface area contributed by atoms with Gasteiger partial charge in [0.1, 0.15) is 12.4 Å². The summed E-state index contributed by atoms with van der Waals surface area (Å²) in [6.45, 7) is 0.331. The lowest BCUT2D eigenvalue weighted by Crippen LogP contribution is -1.99. The summed E-state index contributed by atoms with van der Waals surface area (Å²) >= 11 is 0. The molecule has 0 bridgehead atoms. The van der Waals surface area contributed by atoms with E-state index < -0.39 is 10.9 Å². The lowest BCUT2D eigenvalue weighted by molar-refractivity contribution is 0.309. The molecule has 1 N–H and O–H groups in total. The molecule has 136 valence electrons. The molecule has 0 spiro atoms. The molecule has 1 aromatic heterocycles. The second-order valence-electron chi connectivity index (χ2n) is 5.39. The van der Waals surface area contributed by atoms with E-state index in [2.05, 4.69) is 9.71 Å². The molecular weight excluding hydrogens is 356 g/mol. The van der Waals surface area contributed by atoms with Gasteiger partial charge in [0.2, 0.25) is 10.9 Å². The fourth-order valence-corrected chi connectivity index (χ4v) is 2.88. The fraction of sp³-hybridized carbons (Fsp3) is 0.167. The smallest absolute Gasteiger partial charge is 0.222 e. The molecule has 3 rings (SSSR count). The maximum atomic E-state index is 10.7. The predicted molar refractivity (Wildman–Crippen MR) is 99.6 cm³/mol. The molecule has 0 aliphatic rings. The molecule has 2 aromatic carbocycles. The van der Waals surface area contributed by atoms with Crippen molar-refractivity contribution in [3.63, 3.8) is 0 Å². The van der Waals surface area contributed by atoms with Crippen molar-refractivity contribution >= 4 is 27.5 Å². The number of anilines is 1. The van der Waals surface area contributed by atoms with Gasteiger partial charge in [-0.15, -0.1) is 0 Å². The van der Waals surface area contributed by atoms with Crippen LogP contribution in [0.4, 0.5) is 5.69 Å². The molecule has 7 nitrogen and oxygen atoms in total. The van der Waals surface area contributed by atoms with E-state index in [1.54, 1.807) is 56.8 Å². The van der Waals surface area contributed by atoms with Crippen LogP contribution in [0, 0.1) is 0 Å². The van der Waals surface area contributed by atoms with E-state index in [-0.39, 0.29) is 0 Å². The Bertz CT molecular complexity index is 979. The van der Waals surface area contributed by atoms with Crippen molar-refractivity contribution in [2.45, 2.75) is 6.61 Å². The number of nitrogens with zero attached hydrogens (tertiary/aromatic N) is 1. The van der Waals surface area contributed by atoms with E-state index in [9.17, 15) is 8.42 Å². The van der Waals surface area contributed by atoms with Crippen molar-refractivity contribution in [1.29, 1.82) is 0 Å². The largest absolute Gasteiger partial charge is 0.493 e. The first-order valence-corrected chi connectivity index (χ1v) is 8.92. The summed E-state index contributed by atoms with van der Waals surface area (Å²) in [6, 6.07) is 12.4. The van der Waals surface area contributed by atoms with Gasteiger partial charge >= 0.3 is 0 Å². The Labute approximate surface area is 152 Å². The molecule has 0 fully saturated rings. The van der Waals surface area contributed by atoms with Crippen LogP contribution in [0.3, 0.4) is 0 Å². The maximum Gasteiger partial charge on any atom is 0.222 e. The standard InChI is InChI=1S/C18H18N2O5S/c1-23-17-9-14-15(10-18(17)24-2)19-8-7-16(14)25-11-12-3-5-13(6-4-12)20-26(21)22/h3-10,26H,11H2,1-2H3,(H,20,21,22). The Morgan fingerprint density at radius 3 is 2.31 bits per heavy atom. The van der Waals surface area contributed by atoms with Crippen LogP contribution in [0.25, 0.3) is 10.9 Å². The highest BCUT2D eigenvalue weighted by atomic mass is 32.2. The Hall–Kier alpha value is -3.00. The van der Waals surface area contributed by atoms with Gasteiger partial charge in [-0.2, -0.15) is 0 Å². The van der Waals surface area contributed by atoms with Gasteiger partial charge in [-0.05, 0) is 29.8 Å². The van der Waals surface area contributed by atoms with Crippen LogP contribution in [-0.4, -0.2) is 27.6 Å². The first-order valence-electron chi connectivity index (χ1n) is 7.74. The van der Waals surface area contributed by atoms with Crippen LogP contribution in [-0.2, 0) is 17.5 Å². The normalized spacial score (nSPS) is 10.7. The summed E-state index contributed by atoms with van der Waals surface area (Å²) in [5.74, 6) is 1.87. The molecular formula is C18H18N2O5S. The van der Waals surface area contributed by atoms with Crippen molar-refractivity contribution < 1.29 is 22.6 Å². The summed E-state index contributed by atoms with van der Waals surface area (Å²) in [4.78, 5) is 4.34. The van der Waals surface area contributed by atoms with Gasteiger partial charge in [0.25, 0.3) is 0 Å². The summed E-state index contributed by atoms with van der Waals surface area (Å²) in [6.07, 6.45) is 1.67. The minimum atomic E-state index is -2.67. The molecule has 0 unspecified atom stereocenters. The number of nitrogens with one attached hydrogen (secondary N) is 1. The topological polar surface area (TPSA) is 86.8 Å². The van der Waals surface area contributed by atoms with E-state index in [1.165, 1.54) is 0 Å². The van der Waals surface area contributed by atoms with Crippen LogP contribution in [0.2, 0.25) is 0 Å². The number of hydrogen-bond donors (Lipinski definition) is 2. The number of fused-ring (bicyclic) bond motifs is 1. The summed E-state index contributed by atoms with van der Waals surface area (Å²) in [7, 11) is 0.481. The first-order chi connectivity index (χ1) is 12.6. The third-order valence-electron chi connectivity index (χ3n) is 3.78. The van der Waals surface area contributed by atoms with Crippen molar-refractivity contribution in [3.05, 3.63) is 54.2 Å². The van der Waals surface area contributed by atoms with Gasteiger partial charge in [0.05, 0.1) is 19.7 Å². The monoisotopic (exact) mass is 374 g/mol. The van der Waals surface area contributed by atoms with Gasteiger partial charge in [0, 0.05) is 23.3 Å². The van der Waals surface area contributed by atoms with Crippen LogP contribution < -0.4 is 18.9 Å². The molecule has 0 saturated carbocycles. The molecule has 3 aromatic rings. The molecule has 0 aliphatic carbocycles. The van der Waals surface area contributed by atoms with Crippen molar-refractivity contribution in [3.8, 4) is 17.2 Å². The summed E-state index contributed by atoms with van der Waals surface area (Å²) in [5, 5.41) is 0.812. The van der Waals surface area contributed by atoms with Crippen molar-refractivity contribution in [1.82, 2.24) is 4.98 Å². The highest BCUT2D eigenvalue weighted by Gasteiger charge is 2.10. The highest BCUT2D eigenvalue weighted by Crippen LogP contribution is 2.35. The van der Waals surface area contributed by atoms with Gasteiger partial charge < -0.3 is 14.2 Å². The van der Waals surface area contributed by atoms with E-state index in [1.807, 2.05) is 6.07 Å². The number of hydrogen-bond acceptors (Lipinski definition) is 6. The van der Waals surface area contributed by atoms with Gasteiger partial charge in [-0.3, -0.25) is 9.71 Å². The average Bonchev–Trinajstić information content (AvgIpc) is 2.65. The number of thiol groups is 1. The Morgan fingerprint density at radius 1 is 0.962 bits per heavy atom. The average molecular weight is 374 g/mol. The zero-order valence-corrected chi connectivity index (χ0v) is 15.2. The first kappa shape index (κ1) is 17.8. The van der Waals surface area contributed by atoms with Gasteiger partial charge in [0.15, 0.2) is 11.5 Å². The van der Waals surface area contributed by atoms with Crippen LogP contribution in [0.15, 0.2) is 48.7 Å². The zero-order chi connectivity index (χ0) is 18.5. The van der Waals surface area contributed by atoms with E-state index in [0.29, 0.717) is 29.5 Å². The molecule has 8 heteroatoms. The number of aromatic nitrogens is 1. The number of methoxy groups -OCH3 is 2. The van der Waals surface area contributed by atoms with E-state index >= 15 is 0 Å². The Balaban J connectivity index is 1.82. The Kier molecular flexibility index (Phi) is 5.43.